The van der Waals surface area contributed by atoms with E-state index in [0.29, 0.717) is 52.5 Å². The molecule has 11 heteroatoms. The second-order valence-electron chi connectivity index (χ2n) is 12.7. The van der Waals surface area contributed by atoms with Gasteiger partial charge in [-0.2, -0.15) is 0 Å². The Morgan fingerprint density at radius 2 is 1.76 bits per heavy atom. The van der Waals surface area contributed by atoms with Gasteiger partial charge in [-0.15, -0.1) is 0 Å². The molecule has 11 nitrogen and oxygen atoms in total. The Bertz CT molecular complexity index is 1270. The lowest BCUT2D eigenvalue weighted by atomic mass is 9.76. The van der Waals surface area contributed by atoms with Crippen LogP contribution in [-0.2, 0) is 37.0 Å². The van der Waals surface area contributed by atoms with E-state index >= 15 is 0 Å². The number of methoxy groups -OCH3 is 2. The van der Waals surface area contributed by atoms with Crippen LogP contribution in [0.2, 0.25) is 0 Å². The highest BCUT2D eigenvalue weighted by Crippen LogP contribution is 2.39. The number of fused-ring (bicyclic) bond motifs is 1. The van der Waals surface area contributed by atoms with Crippen molar-refractivity contribution in [3.63, 3.8) is 0 Å². The number of carbonyl (C=O) groups excluding carboxylic acids is 1. The van der Waals surface area contributed by atoms with E-state index < -0.39 is 11.5 Å². The van der Waals surface area contributed by atoms with Gasteiger partial charge in [0.1, 0.15) is 12.4 Å². The molecular weight excluding hydrogens is 590 g/mol. The third-order valence-electron chi connectivity index (χ3n) is 8.96. The normalized spacial score (nSPS) is 19.8. The summed E-state index contributed by atoms with van der Waals surface area (Å²) < 4.78 is 28.5. The molecule has 46 heavy (non-hydrogen) atoms. The van der Waals surface area contributed by atoms with E-state index in [1.807, 2.05) is 38.1 Å². The number of ether oxygens (including phenoxy) is 5. The molecule has 0 aliphatic carbocycles. The Hall–Kier alpha value is -3.38. The number of nitrogens with zero attached hydrogens (tertiary/aromatic N) is 2. The van der Waals surface area contributed by atoms with Crippen LogP contribution in [0, 0.1) is 5.41 Å². The van der Waals surface area contributed by atoms with Gasteiger partial charge in [0, 0.05) is 51.8 Å². The SMILES string of the molecule is CNC(=O)C(C)(C)C[C@@H]1C[C@H](c2ccc(COCCOC)cc2)[C@@H](OCc2ccc3c(c2)N(CCCOC)CCO3)CN1C(=O)O. The molecule has 0 saturated carbocycles. The highest BCUT2D eigenvalue weighted by Gasteiger charge is 2.43. The van der Waals surface area contributed by atoms with Crippen LogP contribution in [0.1, 0.15) is 55.7 Å². The molecule has 2 heterocycles. The van der Waals surface area contributed by atoms with Crippen LogP contribution < -0.4 is 15.0 Å². The fourth-order valence-corrected chi connectivity index (χ4v) is 6.45. The summed E-state index contributed by atoms with van der Waals surface area (Å²) in [5, 5.41) is 13.0. The minimum absolute atomic E-state index is 0.0731. The summed E-state index contributed by atoms with van der Waals surface area (Å²) in [5.41, 5.74) is 3.41. The van der Waals surface area contributed by atoms with Crippen molar-refractivity contribution < 1.29 is 38.4 Å². The van der Waals surface area contributed by atoms with Gasteiger partial charge in [0.15, 0.2) is 0 Å². The lowest BCUT2D eigenvalue weighted by Crippen LogP contribution is -2.54. The van der Waals surface area contributed by atoms with Crippen LogP contribution in [0.15, 0.2) is 42.5 Å². The zero-order chi connectivity index (χ0) is 33.1. The topological polar surface area (TPSA) is 119 Å². The third kappa shape index (κ3) is 9.34. The van der Waals surface area contributed by atoms with Gasteiger partial charge < -0.3 is 43.9 Å². The third-order valence-corrected chi connectivity index (χ3v) is 8.96. The van der Waals surface area contributed by atoms with Crippen molar-refractivity contribution >= 4 is 17.7 Å². The Balaban J connectivity index is 1.55. The molecule has 1 saturated heterocycles. The monoisotopic (exact) mass is 641 g/mol. The van der Waals surface area contributed by atoms with E-state index in [0.717, 1.165) is 47.6 Å². The van der Waals surface area contributed by atoms with E-state index in [-0.39, 0.29) is 30.5 Å². The van der Waals surface area contributed by atoms with Gasteiger partial charge in [0.25, 0.3) is 0 Å². The van der Waals surface area contributed by atoms with Crippen LogP contribution in [0.25, 0.3) is 0 Å². The maximum atomic E-state index is 12.7. The van der Waals surface area contributed by atoms with Crippen LogP contribution in [0.4, 0.5) is 10.5 Å². The Kier molecular flexibility index (Phi) is 13.1. The average molecular weight is 642 g/mol. The lowest BCUT2D eigenvalue weighted by Gasteiger charge is -2.45. The molecule has 0 unspecified atom stereocenters. The molecule has 0 bridgehead atoms. The van der Waals surface area contributed by atoms with Crippen molar-refractivity contribution in [2.24, 2.45) is 5.41 Å². The first-order valence-corrected chi connectivity index (χ1v) is 16.1. The number of carboxylic acid groups (broad SMARTS) is 1. The highest BCUT2D eigenvalue weighted by molar-refractivity contribution is 5.81. The standard InChI is InChI=1S/C35H51N3O8/c1-35(2,33(39)36-3)21-28-20-29(27-10-7-25(8-11-27)23-44-18-17-43-5)32(22-38(28)34(40)41)46-24-26-9-12-31-30(19-26)37(14-16-45-31)13-6-15-42-4/h7-12,19,28-29,32H,6,13-18,20-24H2,1-5H3,(H,36,39)(H,40,41)/t28-,29+,32-/m0/s1. The molecule has 2 aliphatic rings. The first-order chi connectivity index (χ1) is 22.2. The summed E-state index contributed by atoms with van der Waals surface area (Å²) in [6, 6.07) is 14.0. The summed E-state index contributed by atoms with van der Waals surface area (Å²) in [5.74, 6) is 0.669. The molecule has 0 radical (unpaired) electrons. The number of hydrogen-bond donors (Lipinski definition) is 2. The first-order valence-electron chi connectivity index (χ1n) is 16.1. The molecule has 1 fully saturated rings. The summed E-state index contributed by atoms with van der Waals surface area (Å²) in [4.78, 5) is 29.0. The van der Waals surface area contributed by atoms with Crippen molar-refractivity contribution in [3.05, 3.63) is 59.2 Å². The van der Waals surface area contributed by atoms with Gasteiger partial charge in [0.05, 0.1) is 51.3 Å². The largest absolute Gasteiger partial charge is 0.490 e. The minimum atomic E-state index is -1.01. The summed E-state index contributed by atoms with van der Waals surface area (Å²) in [6.45, 7) is 8.80. The Morgan fingerprint density at radius 1 is 1.02 bits per heavy atom. The van der Waals surface area contributed by atoms with Crippen molar-refractivity contribution in [1.82, 2.24) is 10.2 Å². The molecule has 2 aromatic carbocycles. The molecule has 0 spiro atoms. The van der Waals surface area contributed by atoms with Gasteiger partial charge in [0.2, 0.25) is 5.91 Å². The smallest absolute Gasteiger partial charge is 0.407 e. The van der Waals surface area contributed by atoms with E-state index in [4.69, 9.17) is 23.7 Å². The number of rotatable bonds is 16. The fraction of sp³-hybridized carbons (Fsp3) is 0.600. The second-order valence-corrected chi connectivity index (χ2v) is 12.7. The molecule has 2 aromatic rings. The van der Waals surface area contributed by atoms with Crippen molar-refractivity contribution in [2.75, 3.05) is 72.2 Å². The van der Waals surface area contributed by atoms with Gasteiger partial charge in [-0.05, 0) is 48.1 Å². The van der Waals surface area contributed by atoms with Gasteiger partial charge >= 0.3 is 6.09 Å². The van der Waals surface area contributed by atoms with Crippen molar-refractivity contribution in [1.29, 1.82) is 0 Å². The van der Waals surface area contributed by atoms with Crippen LogP contribution in [0.5, 0.6) is 5.75 Å². The van der Waals surface area contributed by atoms with Gasteiger partial charge in [-0.1, -0.05) is 44.2 Å². The molecule has 4 rings (SSSR count). The van der Waals surface area contributed by atoms with Crippen molar-refractivity contribution in [2.45, 2.75) is 64.4 Å². The fourth-order valence-electron chi connectivity index (χ4n) is 6.45. The molecule has 0 aromatic heterocycles. The maximum Gasteiger partial charge on any atom is 0.407 e. The van der Waals surface area contributed by atoms with Crippen LogP contribution in [-0.4, -0.2) is 101 Å². The minimum Gasteiger partial charge on any atom is -0.490 e. The number of piperidine rings is 1. The number of amides is 2. The summed E-state index contributed by atoms with van der Waals surface area (Å²) >= 11 is 0. The average Bonchev–Trinajstić information content (AvgIpc) is 3.05. The predicted molar refractivity (Wildman–Crippen MR) is 176 cm³/mol. The molecule has 2 amide bonds. The number of nitrogens with one attached hydrogen (secondary N) is 1. The van der Waals surface area contributed by atoms with Gasteiger partial charge in [-0.3, -0.25) is 4.79 Å². The predicted octanol–water partition coefficient (Wildman–Crippen LogP) is 4.67. The molecule has 2 aliphatic heterocycles. The summed E-state index contributed by atoms with van der Waals surface area (Å²) in [6.07, 6.45) is 0.459. The Labute approximate surface area is 273 Å². The quantitative estimate of drug-likeness (QED) is 0.252. The molecular formula is C35H51N3O8. The Morgan fingerprint density at radius 3 is 2.46 bits per heavy atom. The van der Waals surface area contributed by atoms with E-state index in [9.17, 15) is 14.7 Å². The number of anilines is 1. The van der Waals surface area contributed by atoms with Crippen LogP contribution >= 0.6 is 0 Å². The zero-order valence-corrected chi connectivity index (χ0v) is 28.0. The second kappa shape index (κ2) is 17.0. The van der Waals surface area contributed by atoms with Crippen molar-refractivity contribution in [3.8, 4) is 5.75 Å². The van der Waals surface area contributed by atoms with E-state index in [1.54, 1.807) is 21.3 Å². The van der Waals surface area contributed by atoms with E-state index in [1.165, 1.54) is 4.90 Å². The van der Waals surface area contributed by atoms with E-state index in [2.05, 4.69) is 28.4 Å². The number of hydrogen-bond acceptors (Lipinski definition) is 8. The molecule has 2 N–H and O–H groups in total. The molecule has 3 atom stereocenters. The number of likely N-dealkylation sites (tertiary alicyclic amines) is 1. The van der Waals surface area contributed by atoms with Crippen LogP contribution in [0.3, 0.4) is 0 Å². The zero-order valence-electron chi connectivity index (χ0n) is 28.0. The first kappa shape index (κ1) is 35.5. The number of carbonyl (C=O) groups is 2. The molecule has 254 valence electrons. The van der Waals surface area contributed by atoms with Gasteiger partial charge in [-0.25, -0.2) is 4.79 Å². The number of benzene rings is 2. The lowest BCUT2D eigenvalue weighted by molar-refractivity contribution is -0.130. The summed E-state index contributed by atoms with van der Waals surface area (Å²) in [7, 11) is 4.97. The maximum absolute atomic E-state index is 12.7. The highest BCUT2D eigenvalue weighted by atomic mass is 16.5.